The minimum atomic E-state index is -1.21. The molecule has 1 unspecified atom stereocenters. The third kappa shape index (κ3) is 4.69. The number of halogens is 1. The first kappa shape index (κ1) is 15.2. The molecule has 2 aromatic rings. The van der Waals surface area contributed by atoms with Crippen molar-refractivity contribution in [3.63, 3.8) is 0 Å². The van der Waals surface area contributed by atoms with E-state index in [1.165, 1.54) is 24.3 Å². The summed E-state index contributed by atoms with van der Waals surface area (Å²) in [6.07, 6.45) is 0.370. The largest absolute Gasteiger partial charge is 0.493 e. The third-order valence-corrected chi connectivity index (χ3v) is 4.16. The van der Waals surface area contributed by atoms with Crippen molar-refractivity contribution in [3.8, 4) is 11.8 Å². The molecule has 0 N–H and O–H groups in total. The predicted octanol–water partition coefficient (Wildman–Crippen LogP) is 3.08. The van der Waals surface area contributed by atoms with Crippen molar-refractivity contribution in [2.24, 2.45) is 0 Å². The van der Waals surface area contributed by atoms with E-state index in [1.54, 1.807) is 12.1 Å². The first-order chi connectivity index (χ1) is 10.2. The van der Waals surface area contributed by atoms with Gasteiger partial charge in [0.15, 0.2) is 0 Å². The van der Waals surface area contributed by atoms with Gasteiger partial charge in [-0.3, -0.25) is 4.21 Å². The third-order valence-electron chi connectivity index (χ3n) is 2.82. The second-order valence-corrected chi connectivity index (χ2v) is 5.90. The Morgan fingerprint density at radius 1 is 1.10 bits per heavy atom. The van der Waals surface area contributed by atoms with Gasteiger partial charge in [-0.25, -0.2) is 4.39 Å². The van der Waals surface area contributed by atoms with E-state index < -0.39 is 10.8 Å². The minimum Gasteiger partial charge on any atom is -0.493 e. The molecule has 2 aromatic carbocycles. The Hall–Kier alpha value is -2.19. The Balaban J connectivity index is 1.82. The van der Waals surface area contributed by atoms with Gasteiger partial charge in [-0.1, -0.05) is 12.1 Å². The zero-order valence-electron chi connectivity index (χ0n) is 11.3. The van der Waals surface area contributed by atoms with E-state index in [9.17, 15) is 8.60 Å². The molecule has 0 aliphatic rings. The smallest absolute Gasteiger partial charge is 0.123 e. The summed E-state index contributed by atoms with van der Waals surface area (Å²) in [5.74, 6) is 0.670. The Morgan fingerprint density at radius 3 is 2.38 bits per heavy atom. The SMILES string of the molecule is N#CCc1ccc(OCCS(=O)c2ccc(F)cc2)cc1. The summed E-state index contributed by atoms with van der Waals surface area (Å²) in [6, 6.07) is 14.9. The number of nitrogens with zero attached hydrogens (tertiary/aromatic N) is 1. The number of hydrogen-bond donors (Lipinski definition) is 0. The number of benzene rings is 2. The van der Waals surface area contributed by atoms with E-state index >= 15 is 0 Å². The molecule has 0 aliphatic carbocycles. The maximum Gasteiger partial charge on any atom is 0.123 e. The summed E-state index contributed by atoms with van der Waals surface area (Å²) in [5, 5.41) is 8.58. The monoisotopic (exact) mass is 303 g/mol. The summed E-state index contributed by atoms with van der Waals surface area (Å²) in [7, 11) is -1.21. The summed E-state index contributed by atoms with van der Waals surface area (Å²) in [6.45, 7) is 0.307. The van der Waals surface area contributed by atoms with Gasteiger partial charge in [-0.2, -0.15) is 5.26 Å². The topological polar surface area (TPSA) is 50.1 Å². The fraction of sp³-hybridized carbons (Fsp3) is 0.188. The first-order valence-electron chi connectivity index (χ1n) is 6.41. The first-order valence-corrected chi connectivity index (χ1v) is 7.73. The van der Waals surface area contributed by atoms with Crippen LogP contribution in [-0.4, -0.2) is 16.6 Å². The van der Waals surface area contributed by atoms with Crippen molar-refractivity contribution in [2.45, 2.75) is 11.3 Å². The molecule has 0 spiro atoms. The highest BCUT2D eigenvalue weighted by Crippen LogP contribution is 2.13. The zero-order valence-corrected chi connectivity index (χ0v) is 12.1. The van der Waals surface area contributed by atoms with Gasteiger partial charge in [0, 0.05) is 4.90 Å². The Kier molecular flexibility index (Phi) is 5.47. The maximum atomic E-state index is 12.8. The number of ether oxygens (including phenoxy) is 1. The molecule has 0 saturated carbocycles. The van der Waals surface area contributed by atoms with Crippen LogP contribution in [0.3, 0.4) is 0 Å². The molecule has 0 aliphatic heterocycles. The fourth-order valence-corrected chi connectivity index (χ4v) is 2.64. The molecule has 5 heteroatoms. The lowest BCUT2D eigenvalue weighted by atomic mass is 10.2. The average Bonchev–Trinajstić information content (AvgIpc) is 2.50. The van der Waals surface area contributed by atoms with Crippen LogP contribution in [0, 0.1) is 17.1 Å². The second kappa shape index (κ2) is 7.55. The predicted molar refractivity (Wildman–Crippen MR) is 78.9 cm³/mol. The molecule has 0 amide bonds. The molecule has 0 radical (unpaired) electrons. The molecular formula is C16H14FNO2S. The van der Waals surface area contributed by atoms with Crippen LogP contribution in [0.4, 0.5) is 4.39 Å². The van der Waals surface area contributed by atoms with Crippen LogP contribution in [0.2, 0.25) is 0 Å². The lowest BCUT2D eigenvalue weighted by Gasteiger charge is -2.07. The Bertz CT molecular complexity index is 647. The van der Waals surface area contributed by atoms with Crippen molar-refractivity contribution in [1.29, 1.82) is 5.26 Å². The van der Waals surface area contributed by atoms with Gasteiger partial charge in [-0.05, 0) is 42.0 Å². The highest BCUT2D eigenvalue weighted by atomic mass is 32.2. The van der Waals surface area contributed by atoms with Crippen LogP contribution in [0.25, 0.3) is 0 Å². The Morgan fingerprint density at radius 2 is 1.76 bits per heavy atom. The molecule has 21 heavy (non-hydrogen) atoms. The molecule has 3 nitrogen and oxygen atoms in total. The summed E-state index contributed by atoms with van der Waals surface area (Å²) < 4.78 is 30.2. The van der Waals surface area contributed by atoms with Crippen LogP contribution in [0.5, 0.6) is 5.75 Å². The molecule has 0 saturated heterocycles. The van der Waals surface area contributed by atoms with Gasteiger partial charge < -0.3 is 4.74 Å². The lowest BCUT2D eigenvalue weighted by Crippen LogP contribution is -2.08. The molecule has 0 aromatic heterocycles. The maximum absolute atomic E-state index is 12.8. The number of rotatable bonds is 6. The van der Waals surface area contributed by atoms with Gasteiger partial charge in [0.1, 0.15) is 18.2 Å². The van der Waals surface area contributed by atoms with Gasteiger partial charge in [0.05, 0.1) is 29.0 Å². The van der Waals surface area contributed by atoms with Crippen molar-refractivity contribution < 1.29 is 13.3 Å². The second-order valence-electron chi connectivity index (χ2n) is 4.33. The van der Waals surface area contributed by atoms with E-state index in [-0.39, 0.29) is 5.82 Å². The van der Waals surface area contributed by atoms with Gasteiger partial charge >= 0.3 is 0 Å². The standard InChI is InChI=1S/C16H14FNO2S/c17-14-3-7-16(8-4-14)21(19)12-11-20-15-5-1-13(2-6-15)9-10-18/h1-8H,9,11-12H2. The van der Waals surface area contributed by atoms with E-state index in [1.807, 2.05) is 12.1 Å². The highest BCUT2D eigenvalue weighted by Gasteiger charge is 2.04. The lowest BCUT2D eigenvalue weighted by molar-refractivity contribution is 0.342. The van der Waals surface area contributed by atoms with Crippen LogP contribution in [-0.2, 0) is 17.2 Å². The number of nitriles is 1. The van der Waals surface area contributed by atoms with E-state index in [0.29, 0.717) is 29.4 Å². The molecule has 2 rings (SSSR count). The molecule has 0 heterocycles. The fourth-order valence-electron chi connectivity index (χ4n) is 1.73. The van der Waals surface area contributed by atoms with Gasteiger partial charge in [-0.15, -0.1) is 0 Å². The highest BCUT2D eigenvalue weighted by molar-refractivity contribution is 7.85. The average molecular weight is 303 g/mol. The summed E-state index contributed by atoms with van der Waals surface area (Å²) in [5.41, 5.74) is 0.930. The quantitative estimate of drug-likeness (QED) is 0.824. The molecule has 1 atom stereocenters. The zero-order chi connectivity index (χ0) is 15.1. The van der Waals surface area contributed by atoms with Crippen molar-refractivity contribution in [2.75, 3.05) is 12.4 Å². The van der Waals surface area contributed by atoms with Crippen molar-refractivity contribution >= 4 is 10.8 Å². The van der Waals surface area contributed by atoms with Gasteiger partial charge in [0.25, 0.3) is 0 Å². The van der Waals surface area contributed by atoms with Crippen molar-refractivity contribution in [3.05, 3.63) is 59.9 Å². The summed E-state index contributed by atoms with van der Waals surface area (Å²) in [4.78, 5) is 0.587. The van der Waals surface area contributed by atoms with E-state index in [4.69, 9.17) is 10.00 Å². The Labute approximate surface area is 125 Å². The minimum absolute atomic E-state index is 0.307. The van der Waals surface area contributed by atoms with E-state index in [0.717, 1.165) is 5.56 Å². The molecule has 0 fully saturated rings. The molecule has 0 bridgehead atoms. The van der Waals surface area contributed by atoms with Crippen LogP contribution >= 0.6 is 0 Å². The normalized spacial score (nSPS) is 11.6. The van der Waals surface area contributed by atoms with Crippen LogP contribution in [0.1, 0.15) is 5.56 Å². The van der Waals surface area contributed by atoms with Crippen molar-refractivity contribution in [1.82, 2.24) is 0 Å². The van der Waals surface area contributed by atoms with Gasteiger partial charge in [0.2, 0.25) is 0 Å². The molecule has 108 valence electrons. The summed E-state index contributed by atoms with van der Waals surface area (Å²) >= 11 is 0. The van der Waals surface area contributed by atoms with Crippen LogP contribution in [0.15, 0.2) is 53.4 Å². The number of hydrogen-bond acceptors (Lipinski definition) is 3. The molecular weight excluding hydrogens is 289 g/mol. The van der Waals surface area contributed by atoms with Crippen LogP contribution < -0.4 is 4.74 Å². The van der Waals surface area contributed by atoms with E-state index in [2.05, 4.69) is 6.07 Å².